The third-order valence-electron chi connectivity index (χ3n) is 2.54. The van der Waals surface area contributed by atoms with Crippen molar-refractivity contribution in [2.24, 2.45) is 5.92 Å². The van der Waals surface area contributed by atoms with E-state index in [2.05, 4.69) is 17.6 Å². The lowest BCUT2D eigenvalue weighted by atomic mass is 9.95. The quantitative estimate of drug-likeness (QED) is 0.615. The van der Waals surface area contributed by atoms with Crippen LogP contribution in [0.2, 0.25) is 0 Å². The van der Waals surface area contributed by atoms with Crippen LogP contribution in [0.25, 0.3) is 0 Å². The Kier molecular flexibility index (Phi) is 3.54. The van der Waals surface area contributed by atoms with Gasteiger partial charge in [-0.1, -0.05) is 6.92 Å². The van der Waals surface area contributed by atoms with E-state index in [1.807, 2.05) is 0 Å². The van der Waals surface area contributed by atoms with Crippen molar-refractivity contribution in [3.8, 4) is 0 Å². The number of carbonyl (C=O) groups is 1. The highest BCUT2D eigenvalue weighted by Gasteiger charge is 2.22. The zero-order valence-corrected chi connectivity index (χ0v) is 8.63. The maximum atomic E-state index is 11.3. The first-order chi connectivity index (χ1) is 6.11. The van der Waals surface area contributed by atoms with E-state index in [9.17, 15) is 4.79 Å². The molecule has 4 heteroatoms. The Bertz CT molecular complexity index is 182. The van der Waals surface area contributed by atoms with Gasteiger partial charge in [-0.2, -0.15) is 0 Å². The molecule has 0 aromatic carbocycles. The minimum absolute atomic E-state index is 0.000509. The van der Waals surface area contributed by atoms with Crippen LogP contribution in [0.1, 0.15) is 13.3 Å². The molecule has 0 saturated carbocycles. The lowest BCUT2D eigenvalue weighted by molar-refractivity contribution is 0.202. The molecule has 1 heterocycles. The lowest BCUT2D eigenvalue weighted by Gasteiger charge is -2.31. The van der Waals surface area contributed by atoms with Crippen molar-refractivity contribution in [1.82, 2.24) is 15.5 Å². The zero-order chi connectivity index (χ0) is 9.84. The molecule has 0 aromatic heterocycles. The standard InChI is InChI=1S/C9H19N3O/c1-7-4-5-10-6-8(7)11-9(13)12(2)3/h7-8,10H,4-6H2,1-3H3,(H,11,13). The number of urea groups is 1. The Morgan fingerprint density at radius 1 is 1.54 bits per heavy atom. The van der Waals surface area contributed by atoms with Crippen LogP contribution in [0, 0.1) is 5.92 Å². The number of piperidine rings is 1. The van der Waals surface area contributed by atoms with E-state index in [0.29, 0.717) is 5.92 Å². The van der Waals surface area contributed by atoms with Gasteiger partial charge in [-0.25, -0.2) is 4.79 Å². The molecule has 2 atom stereocenters. The van der Waals surface area contributed by atoms with Crippen molar-refractivity contribution >= 4 is 6.03 Å². The number of carbonyl (C=O) groups excluding carboxylic acids is 1. The van der Waals surface area contributed by atoms with Gasteiger partial charge in [-0.15, -0.1) is 0 Å². The predicted octanol–water partition coefficient (Wildman–Crippen LogP) is 0.256. The van der Waals surface area contributed by atoms with Crippen LogP contribution in [0.3, 0.4) is 0 Å². The maximum absolute atomic E-state index is 11.3. The van der Waals surface area contributed by atoms with E-state index in [1.165, 1.54) is 0 Å². The van der Waals surface area contributed by atoms with Crippen molar-refractivity contribution < 1.29 is 4.79 Å². The van der Waals surface area contributed by atoms with Gasteiger partial charge >= 0.3 is 6.03 Å². The molecule has 2 N–H and O–H groups in total. The average Bonchev–Trinajstić information content (AvgIpc) is 2.08. The van der Waals surface area contributed by atoms with Crippen molar-refractivity contribution in [2.45, 2.75) is 19.4 Å². The Morgan fingerprint density at radius 3 is 2.77 bits per heavy atom. The Labute approximate surface area is 79.7 Å². The SMILES string of the molecule is CC1CCNCC1NC(=O)N(C)C. The Balaban J connectivity index is 2.38. The fourth-order valence-corrected chi connectivity index (χ4v) is 1.47. The zero-order valence-electron chi connectivity index (χ0n) is 8.63. The molecule has 0 aliphatic carbocycles. The molecule has 1 aliphatic rings. The first-order valence-electron chi connectivity index (χ1n) is 4.80. The van der Waals surface area contributed by atoms with E-state index in [1.54, 1.807) is 19.0 Å². The van der Waals surface area contributed by atoms with Gasteiger partial charge in [0.1, 0.15) is 0 Å². The predicted molar refractivity (Wildman–Crippen MR) is 52.7 cm³/mol. The maximum Gasteiger partial charge on any atom is 0.317 e. The molecule has 0 aromatic rings. The highest BCUT2D eigenvalue weighted by molar-refractivity contribution is 5.73. The van der Waals surface area contributed by atoms with Crippen LogP contribution in [-0.2, 0) is 0 Å². The summed E-state index contributed by atoms with van der Waals surface area (Å²) < 4.78 is 0. The summed E-state index contributed by atoms with van der Waals surface area (Å²) in [6.45, 7) is 4.14. The first-order valence-corrected chi connectivity index (χ1v) is 4.80. The van der Waals surface area contributed by atoms with Gasteiger partial charge < -0.3 is 15.5 Å². The average molecular weight is 185 g/mol. The van der Waals surface area contributed by atoms with Crippen LogP contribution in [0.5, 0.6) is 0 Å². The number of nitrogens with one attached hydrogen (secondary N) is 2. The minimum atomic E-state index is 0.000509. The minimum Gasteiger partial charge on any atom is -0.334 e. The van der Waals surface area contributed by atoms with E-state index < -0.39 is 0 Å². The molecule has 1 saturated heterocycles. The van der Waals surface area contributed by atoms with Gasteiger partial charge in [-0.3, -0.25) is 0 Å². The molecule has 2 unspecified atom stereocenters. The summed E-state index contributed by atoms with van der Waals surface area (Å²) in [5, 5.41) is 6.27. The third-order valence-corrected chi connectivity index (χ3v) is 2.54. The fourth-order valence-electron chi connectivity index (χ4n) is 1.47. The molecule has 4 nitrogen and oxygen atoms in total. The van der Waals surface area contributed by atoms with Gasteiger partial charge in [0, 0.05) is 26.7 Å². The van der Waals surface area contributed by atoms with E-state index in [4.69, 9.17) is 0 Å². The summed E-state index contributed by atoms with van der Waals surface area (Å²) in [5.74, 6) is 0.574. The normalized spacial score (nSPS) is 28.2. The molecule has 1 aliphatic heterocycles. The summed E-state index contributed by atoms with van der Waals surface area (Å²) in [4.78, 5) is 12.9. The van der Waals surface area contributed by atoms with E-state index in [-0.39, 0.29) is 12.1 Å². The number of hydrogen-bond donors (Lipinski definition) is 2. The van der Waals surface area contributed by atoms with Gasteiger partial charge in [0.25, 0.3) is 0 Å². The Morgan fingerprint density at radius 2 is 2.23 bits per heavy atom. The molecule has 2 amide bonds. The molecule has 0 bridgehead atoms. The van der Waals surface area contributed by atoms with Crippen molar-refractivity contribution in [3.05, 3.63) is 0 Å². The van der Waals surface area contributed by atoms with Crippen LogP contribution in [0.15, 0.2) is 0 Å². The molecule has 1 rings (SSSR count). The van der Waals surface area contributed by atoms with Crippen molar-refractivity contribution in [3.63, 3.8) is 0 Å². The summed E-state index contributed by atoms with van der Waals surface area (Å²) in [6, 6.07) is 0.282. The van der Waals surface area contributed by atoms with Crippen LogP contribution >= 0.6 is 0 Å². The monoisotopic (exact) mass is 185 g/mol. The number of rotatable bonds is 1. The molecule has 0 radical (unpaired) electrons. The van der Waals surface area contributed by atoms with Gasteiger partial charge in [-0.05, 0) is 18.9 Å². The third kappa shape index (κ3) is 2.88. The summed E-state index contributed by atoms with van der Waals surface area (Å²) in [5.41, 5.74) is 0. The van der Waals surface area contributed by atoms with E-state index >= 15 is 0 Å². The van der Waals surface area contributed by atoms with Crippen LogP contribution < -0.4 is 10.6 Å². The summed E-state index contributed by atoms with van der Waals surface area (Å²) in [6.07, 6.45) is 1.14. The molecule has 1 fully saturated rings. The van der Waals surface area contributed by atoms with Crippen LogP contribution in [-0.4, -0.2) is 44.2 Å². The lowest BCUT2D eigenvalue weighted by Crippen LogP contribution is -2.52. The Hall–Kier alpha value is -0.770. The molecule has 76 valence electrons. The van der Waals surface area contributed by atoms with Crippen LogP contribution in [0.4, 0.5) is 4.79 Å². The molecular weight excluding hydrogens is 166 g/mol. The highest BCUT2D eigenvalue weighted by atomic mass is 16.2. The molecule has 13 heavy (non-hydrogen) atoms. The van der Waals surface area contributed by atoms with E-state index in [0.717, 1.165) is 19.5 Å². The number of amides is 2. The number of nitrogens with zero attached hydrogens (tertiary/aromatic N) is 1. The first kappa shape index (κ1) is 10.3. The second-order valence-electron chi connectivity index (χ2n) is 3.92. The van der Waals surface area contributed by atoms with Crippen molar-refractivity contribution in [1.29, 1.82) is 0 Å². The summed E-state index contributed by atoms with van der Waals surface area (Å²) >= 11 is 0. The fraction of sp³-hybridized carbons (Fsp3) is 0.889. The summed E-state index contributed by atoms with van der Waals surface area (Å²) in [7, 11) is 3.52. The highest BCUT2D eigenvalue weighted by Crippen LogP contribution is 2.10. The van der Waals surface area contributed by atoms with Crippen molar-refractivity contribution in [2.75, 3.05) is 27.2 Å². The van der Waals surface area contributed by atoms with Gasteiger partial charge in [0.15, 0.2) is 0 Å². The second kappa shape index (κ2) is 4.46. The number of hydrogen-bond acceptors (Lipinski definition) is 2. The van der Waals surface area contributed by atoms with Gasteiger partial charge in [0.05, 0.1) is 0 Å². The largest absolute Gasteiger partial charge is 0.334 e. The second-order valence-corrected chi connectivity index (χ2v) is 3.92. The van der Waals surface area contributed by atoms with Gasteiger partial charge in [0.2, 0.25) is 0 Å². The molecule has 0 spiro atoms. The smallest absolute Gasteiger partial charge is 0.317 e. The topological polar surface area (TPSA) is 44.4 Å². The molecular formula is C9H19N3O.